The van der Waals surface area contributed by atoms with Gasteiger partial charge in [0.05, 0.1) is 0 Å². The molecule has 0 saturated carbocycles. The van der Waals surface area contributed by atoms with E-state index in [1.807, 2.05) is 91.9 Å². The van der Waals surface area contributed by atoms with Crippen LogP contribution in [0.4, 0.5) is 26.3 Å². The summed E-state index contributed by atoms with van der Waals surface area (Å²) in [5.74, 6) is 4.12. The van der Waals surface area contributed by atoms with Gasteiger partial charge >= 0.3 is 12.7 Å². The predicted octanol–water partition coefficient (Wildman–Crippen LogP) is 24.4. The molecular formula is C78H82F6O5. The highest BCUT2D eigenvalue weighted by Crippen LogP contribution is 2.39. The van der Waals surface area contributed by atoms with Gasteiger partial charge in [0.1, 0.15) is 46.0 Å². The van der Waals surface area contributed by atoms with Crippen LogP contribution in [0, 0.1) is 6.92 Å². The zero-order valence-corrected chi connectivity index (χ0v) is 53.0. The van der Waals surface area contributed by atoms with E-state index < -0.39 is 12.7 Å². The Hall–Kier alpha value is -8.70. The van der Waals surface area contributed by atoms with Gasteiger partial charge in [-0.1, -0.05) is 221 Å². The highest BCUT2D eigenvalue weighted by atomic mass is 19.4. The number of allylic oxidation sites excluding steroid dienone is 1. The normalized spacial score (nSPS) is 11.7. The molecule has 0 bridgehead atoms. The number of halogens is 6. The summed E-state index contributed by atoms with van der Waals surface area (Å²) >= 11 is 0. The van der Waals surface area contributed by atoms with Crippen molar-refractivity contribution in [3.05, 3.63) is 245 Å². The van der Waals surface area contributed by atoms with Gasteiger partial charge in [0, 0.05) is 5.56 Å². The zero-order valence-electron chi connectivity index (χ0n) is 53.0. The van der Waals surface area contributed by atoms with Gasteiger partial charge in [-0.2, -0.15) is 0 Å². The molecule has 0 N–H and O–H groups in total. The van der Waals surface area contributed by atoms with E-state index in [1.165, 1.54) is 71.0 Å². The Morgan fingerprint density at radius 1 is 0.371 bits per heavy atom. The van der Waals surface area contributed by atoms with Crippen LogP contribution in [0.1, 0.15) is 134 Å². The fourth-order valence-corrected chi connectivity index (χ4v) is 9.76. The Morgan fingerprint density at radius 2 is 0.775 bits per heavy atom. The number of unbranched alkanes of at least 4 members (excludes halogenated alkanes) is 1. The van der Waals surface area contributed by atoms with E-state index in [0.717, 1.165) is 82.7 Å². The predicted molar refractivity (Wildman–Crippen MR) is 352 cm³/mol. The third kappa shape index (κ3) is 21.3. The average molecular weight is 1210 g/mol. The van der Waals surface area contributed by atoms with Crippen LogP contribution in [0.2, 0.25) is 0 Å². The lowest BCUT2D eigenvalue weighted by molar-refractivity contribution is -0.275. The van der Waals surface area contributed by atoms with Crippen LogP contribution in [-0.2, 0) is 30.1 Å². The summed E-state index contributed by atoms with van der Waals surface area (Å²) in [7, 11) is 0. The number of rotatable bonds is 19. The van der Waals surface area contributed by atoms with Gasteiger partial charge in [-0.25, -0.2) is 0 Å². The monoisotopic (exact) mass is 1210 g/mol. The molecule has 0 aliphatic carbocycles. The second kappa shape index (κ2) is 31.0. The average Bonchev–Trinajstić information content (AvgIpc) is 3.65. The molecule has 0 radical (unpaired) electrons. The topological polar surface area (TPSA) is 46.2 Å². The van der Waals surface area contributed by atoms with Crippen molar-refractivity contribution in [2.75, 3.05) is 0 Å². The van der Waals surface area contributed by atoms with Crippen molar-refractivity contribution in [2.24, 2.45) is 0 Å². The van der Waals surface area contributed by atoms with Gasteiger partial charge in [0.15, 0.2) is 0 Å². The molecule has 0 aliphatic rings. The molecule has 0 spiro atoms. The largest absolute Gasteiger partial charge is 0.573 e. The third-order valence-electron chi connectivity index (χ3n) is 14.5. The summed E-state index contributed by atoms with van der Waals surface area (Å²) in [5, 5.41) is 0. The Kier molecular flexibility index (Phi) is 23.6. The molecular weight excluding hydrogens is 1130 g/mol. The van der Waals surface area contributed by atoms with E-state index in [-0.39, 0.29) is 22.3 Å². The number of ether oxygens (including phenoxy) is 5. The summed E-state index contributed by atoms with van der Waals surface area (Å²) < 4.78 is 102. The summed E-state index contributed by atoms with van der Waals surface area (Å²) in [6, 6.07) is 62.9. The van der Waals surface area contributed by atoms with Crippen LogP contribution >= 0.6 is 0 Å². The Balaban J connectivity index is 0.000000191. The summed E-state index contributed by atoms with van der Waals surface area (Å²) in [6.45, 7) is 23.4. The van der Waals surface area contributed by atoms with Crippen molar-refractivity contribution in [1.29, 1.82) is 0 Å². The van der Waals surface area contributed by atoms with E-state index in [9.17, 15) is 26.3 Å². The van der Waals surface area contributed by atoms with Crippen molar-refractivity contribution in [2.45, 2.75) is 145 Å². The molecule has 5 nitrogen and oxygen atoms in total. The molecule has 9 aromatic carbocycles. The second-order valence-electron chi connectivity index (χ2n) is 24.0. The van der Waals surface area contributed by atoms with Gasteiger partial charge in [-0.05, 0) is 190 Å². The van der Waals surface area contributed by atoms with Crippen LogP contribution in [0.3, 0.4) is 0 Å². The molecule has 89 heavy (non-hydrogen) atoms. The van der Waals surface area contributed by atoms with E-state index in [0.29, 0.717) is 28.4 Å². The molecule has 9 aromatic rings. The molecule has 0 amide bonds. The molecule has 466 valence electrons. The number of hydrogen-bond acceptors (Lipinski definition) is 5. The molecule has 0 aromatic heterocycles. The van der Waals surface area contributed by atoms with Crippen molar-refractivity contribution < 1.29 is 50.0 Å². The van der Waals surface area contributed by atoms with Crippen LogP contribution in [0.5, 0.6) is 46.0 Å². The molecule has 11 heteroatoms. The van der Waals surface area contributed by atoms with Crippen molar-refractivity contribution in [3.63, 3.8) is 0 Å². The highest BCUT2D eigenvalue weighted by molar-refractivity contribution is 5.72. The maximum Gasteiger partial charge on any atom is 0.573 e. The van der Waals surface area contributed by atoms with Crippen LogP contribution < -0.4 is 23.7 Å². The number of aryl methyl sites for hydroxylation is 4. The van der Waals surface area contributed by atoms with Gasteiger partial charge < -0.3 is 23.7 Å². The lowest BCUT2D eigenvalue weighted by Gasteiger charge is -2.20. The Morgan fingerprint density at radius 3 is 1.22 bits per heavy atom. The minimum atomic E-state index is -4.74. The Bertz CT molecular complexity index is 3740. The van der Waals surface area contributed by atoms with Crippen molar-refractivity contribution in [3.8, 4) is 79.4 Å². The first kappa shape index (κ1) is 67.8. The summed E-state index contributed by atoms with van der Waals surface area (Å²) in [6.07, 6.45) is 1.90. The highest BCUT2D eigenvalue weighted by Gasteiger charge is 2.32. The van der Waals surface area contributed by atoms with Crippen LogP contribution in [-0.4, -0.2) is 12.7 Å². The number of hydrogen-bond donors (Lipinski definition) is 0. The van der Waals surface area contributed by atoms with Crippen molar-refractivity contribution >= 4 is 6.08 Å². The molecule has 0 saturated heterocycles. The second-order valence-corrected chi connectivity index (χ2v) is 24.0. The minimum absolute atomic E-state index is 0.00755. The van der Waals surface area contributed by atoms with E-state index in [4.69, 9.17) is 14.2 Å². The van der Waals surface area contributed by atoms with Gasteiger partial charge in [0.2, 0.25) is 0 Å². The van der Waals surface area contributed by atoms with E-state index in [1.54, 1.807) is 18.2 Å². The van der Waals surface area contributed by atoms with Crippen LogP contribution in [0.25, 0.3) is 39.5 Å². The Labute approximate surface area is 523 Å². The fraction of sp³-hybridized carbons (Fsp3) is 0.282. The number of alkyl halides is 6. The summed E-state index contributed by atoms with van der Waals surface area (Å²) in [4.78, 5) is 0. The first-order valence-corrected chi connectivity index (χ1v) is 30.4. The first-order valence-electron chi connectivity index (χ1n) is 30.4. The van der Waals surface area contributed by atoms with E-state index >= 15 is 0 Å². The maximum atomic E-state index is 12.6. The molecule has 0 aliphatic heterocycles. The fourth-order valence-electron chi connectivity index (χ4n) is 9.76. The quantitative estimate of drug-likeness (QED) is 0.0755. The smallest absolute Gasteiger partial charge is 0.457 e. The molecule has 0 atom stereocenters. The molecule has 0 fully saturated rings. The lowest BCUT2D eigenvalue weighted by atomic mass is 9.87. The number of benzene rings is 9. The SMILES string of the molecule is C/C=C/c1ccc(-c2cccc(OC(F)(F)F)c2)cc1Oc1cccc(C(C)(C)C)c1.CCCCc1ccc(Oc2cc(-c3ccc(C)cc3)ccc2CCC)cc1.CCCc1ccc(-c2cccc(OC(F)(F)F)c2)cc1Oc1cccc(C(C)(C)C)c1. The lowest BCUT2D eigenvalue weighted by Crippen LogP contribution is -2.17. The standard InChI is InChI=1S/C26H27F3O2.C26H25F3O2.C26H30O/c2*1-5-8-18-13-14-20(19-9-6-12-23(15-19)31-26(27,28)29)16-24(18)30-22-11-7-10-21(17-22)25(2,3)4;1-4-6-8-21-11-17-25(18-12-21)27-26-19-24(16-15-23(26)7-5-2)22-13-9-20(3)10-14-22/h6-7,9-17H,5,8H2,1-4H3;5-17H,1-4H3;9-19H,4-8H2,1-3H3/b;8-5+;. The molecule has 0 heterocycles. The van der Waals surface area contributed by atoms with Crippen molar-refractivity contribution in [1.82, 2.24) is 0 Å². The minimum Gasteiger partial charge on any atom is -0.457 e. The maximum absolute atomic E-state index is 12.6. The molecule has 9 rings (SSSR count). The first-order chi connectivity index (χ1) is 42.3. The van der Waals surface area contributed by atoms with Gasteiger partial charge in [-0.15, -0.1) is 26.3 Å². The molecule has 0 unspecified atom stereocenters. The van der Waals surface area contributed by atoms with Gasteiger partial charge in [-0.3, -0.25) is 0 Å². The van der Waals surface area contributed by atoms with Crippen LogP contribution in [0.15, 0.2) is 206 Å². The zero-order chi connectivity index (χ0) is 64.4. The van der Waals surface area contributed by atoms with Gasteiger partial charge in [0.25, 0.3) is 0 Å². The van der Waals surface area contributed by atoms with E-state index in [2.05, 4.69) is 158 Å². The third-order valence-corrected chi connectivity index (χ3v) is 14.5. The summed E-state index contributed by atoms with van der Waals surface area (Å²) in [5.41, 5.74) is 13.3.